The average Bonchev–Trinajstić information content (AvgIpc) is 2.27. The molecule has 1 rings (SSSR count). The number of carbonyl (C=O) groups is 1. The molecule has 15 heavy (non-hydrogen) atoms. The standard InChI is InChI=1S/C10H7BrClNO2/c1-15-10(14)9-6(4-12)2-3-8(11)7(9)5-13/h2-3H,4H2,1H3. The molecular formula is C10H7BrClNO2. The Labute approximate surface area is 101 Å². The second kappa shape index (κ2) is 5.15. The molecule has 5 heteroatoms. The minimum Gasteiger partial charge on any atom is -0.465 e. The zero-order chi connectivity index (χ0) is 11.4. The van der Waals surface area contributed by atoms with Crippen LogP contribution in [0.4, 0.5) is 0 Å². The van der Waals surface area contributed by atoms with Gasteiger partial charge in [0.25, 0.3) is 0 Å². The van der Waals surface area contributed by atoms with Gasteiger partial charge in [-0.05, 0) is 27.6 Å². The summed E-state index contributed by atoms with van der Waals surface area (Å²) in [6.07, 6.45) is 0. The van der Waals surface area contributed by atoms with Crippen molar-refractivity contribution in [3.05, 3.63) is 33.3 Å². The lowest BCUT2D eigenvalue weighted by Gasteiger charge is -2.08. The molecule has 78 valence electrons. The predicted molar refractivity (Wildman–Crippen MR) is 59.8 cm³/mol. The number of hydrogen-bond acceptors (Lipinski definition) is 3. The molecule has 1 aromatic rings. The van der Waals surface area contributed by atoms with Gasteiger partial charge in [-0.25, -0.2) is 4.79 Å². The summed E-state index contributed by atoms with van der Waals surface area (Å²) in [5.41, 5.74) is 1.06. The molecule has 0 amide bonds. The Kier molecular flexibility index (Phi) is 4.13. The van der Waals surface area contributed by atoms with Gasteiger partial charge in [0, 0.05) is 10.4 Å². The summed E-state index contributed by atoms with van der Waals surface area (Å²) in [5.74, 6) is -0.393. The third kappa shape index (κ3) is 2.31. The summed E-state index contributed by atoms with van der Waals surface area (Å²) in [6.45, 7) is 0. The number of hydrogen-bond donors (Lipinski definition) is 0. The fraction of sp³-hybridized carbons (Fsp3) is 0.200. The zero-order valence-electron chi connectivity index (χ0n) is 7.88. The van der Waals surface area contributed by atoms with Crippen molar-refractivity contribution in [3.63, 3.8) is 0 Å². The number of nitriles is 1. The Bertz CT molecular complexity index is 440. The van der Waals surface area contributed by atoms with E-state index < -0.39 is 5.97 Å². The van der Waals surface area contributed by atoms with Crippen LogP contribution in [-0.2, 0) is 10.6 Å². The molecule has 0 aromatic heterocycles. The number of benzene rings is 1. The number of rotatable bonds is 2. The second-order valence-electron chi connectivity index (χ2n) is 2.69. The van der Waals surface area contributed by atoms with Crippen molar-refractivity contribution >= 4 is 33.5 Å². The molecule has 0 N–H and O–H groups in total. The first-order valence-corrected chi connectivity index (χ1v) is 5.34. The van der Waals surface area contributed by atoms with Crippen LogP contribution in [0.5, 0.6) is 0 Å². The molecular weight excluding hydrogens is 281 g/mol. The summed E-state index contributed by atoms with van der Waals surface area (Å²) in [5, 5.41) is 8.93. The minimum absolute atomic E-state index is 0.159. The van der Waals surface area contributed by atoms with Crippen molar-refractivity contribution in [2.75, 3.05) is 7.11 Å². The third-order valence-corrected chi connectivity index (χ3v) is 2.83. The van der Waals surface area contributed by atoms with Crippen LogP contribution in [0, 0.1) is 11.3 Å². The first kappa shape index (κ1) is 12.0. The highest BCUT2D eigenvalue weighted by Crippen LogP contribution is 2.25. The molecule has 0 unspecified atom stereocenters. The lowest BCUT2D eigenvalue weighted by molar-refractivity contribution is 0.0599. The highest BCUT2D eigenvalue weighted by molar-refractivity contribution is 9.10. The maximum absolute atomic E-state index is 11.5. The van der Waals surface area contributed by atoms with Crippen LogP contribution in [0.1, 0.15) is 21.5 Å². The van der Waals surface area contributed by atoms with Crippen LogP contribution >= 0.6 is 27.5 Å². The molecule has 0 heterocycles. The summed E-state index contributed by atoms with van der Waals surface area (Å²) >= 11 is 8.88. The summed E-state index contributed by atoms with van der Waals surface area (Å²) in [6, 6.07) is 5.32. The molecule has 0 saturated carbocycles. The van der Waals surface area contributed by atoms with Gasteiger partial charge in [-0.2, -0.15) is 5.26 Å². The van der Waals surface area contributed by atoms with Crippen molar-refractivity contribution in [1.82, 2.24) is 0 Å². The van der Waals surface area contributed by atoms with Crippen LogP contribution in [-0.4, -0.2) is 13.1 Å². The molecule has 0 aliphatic carbocycles. The fourth-order valence-electron chi connectivity index (χ4n) is 1.18. The highest BCUT2D eigenvalue weighted by atomic mass is 79.9. The molecule has 0 spiro atoms. The zero-order valence-corrected chi connectivity index (χ0v) is 10.2. The second-order valence-corrected chi connectivity index (χ2v) is 3.82. The number of methoxy groups -OCH3 is 1. The first-order chi connectivity index (χ1) is 7.15. The smallest absolute Gasteiger partial charge is 0.339 e. The summed E-state index contributed by atoms with van der Waals surface area (Å²) in [4.78, 5) is 11.5. The maximum atomic E-state index is 11.5. The number of ether oxygens (including phenoxy) is 1. The number of esters is 1. The van der Waals surface area contributed by atoms with E-state index in [2.05, 4.69) is 20.7 Å². The van der Waals surface area contributed by atoms with Gasteiger partial charge in [0.1, 0.15) is 6.07 Å². The quantitative estimate of drug-likeness (QED) is 0.621. The van der Waals surface area contributed by atoms with E-state index >= 15 is 0 Å². The first-order valence-electron chi connectivity index (χ1n) is 4.01. The number of alkyl halides is 1. The molecule has 0 fully saturated rings. The van der Waals surface area contributed by atoms with Crippen LogP contribution < -0.4 is 0 Å². The third-order valence-electron chi connectivity index (χ3n) is 1.89. The Morgan fingerprint density at radius 2 is 2.33 bits per heavy atom. The Balaban J connectivity index is 3.49. The molecule has 0 radical (unpaired) electrons. The number of halogens is 2. The predicted octanol–water partition coefficient (Wildman–Crippen LogP) is 2.85. The van der Waals surface area contributed by atoms with Crippen molar-refractivity contribution in [3.8, 4) is 6.07 Å². The van der Waals surface area contributed by atoms with E-state index in [1.165, 1.54) is 7.11 Å². The van der Waals surface area contributed by atoms with Crippen molar-refractivity contribution in [2.45, 2.75) is 5.88 Å². The highest BCUT2D eigenvalue weighted by Gasteiger charge is 2.18. The molecule has 0 aliphatic rings. The maximum Gasteiger partial charge on any atom is 0.339 e. The molecule has 0 aliphatic heterocycles. The van der Waals surface area contributed by atoms with Gasteiger partial charge in [-0.15, -0.1) is 11.6 Å². The molecule has 0 bridgehead atoms. The van der Waals surface area contributed by atoms with Gasteiger partial charge < -0.3 is 4.74 Å². The van der Waals surface area contributed by atoms with Gasteiger partial charge in [-0.3, -0.25) is 0 Å². The Morgan fingerprint density at radius 1 is 1.67 bits per heavy atom. The van der Waals surface area contributed by atoms with Gasteiger partial charge in [0.2, 0.25) is 0 Å². The van der Waals surface area contributed by atoms with Crippen LogP contribution in [0.25, 0.3) is 0 Å². The van der Waals surface area contributed by atoms with E-state index in [0.717, 1.165) is 0 Å². The minimum atomic E-state index is -0.552. The Hall–Kier alpha value is -1.05. The molecule has 3 nitrogen and oxygen atoms in total. The van der Waals surface area contributed by atoms with E-state index in [4.69, 9.17) is 16.9 Å². The van der Waals surface area contributed by atoms with Crippen LogP contribution in [0.2, 0.25) is 0 Å². The van der Waals surface area contributed by atoms with E-state index in [0.29, 0.717) is 10.0 Å². The van der Waals surface area contributed by atoms with Crippen molar-refractivity contribution < 1.29 is 9.53 Å². The number of carbonyl (C=O) groups excluding carboxylic acids is 1. The normalized spacial score (nSPS) is 9.47. The summed E-state index contributed by atoms with van der Waals surface area (Å²) < 4.78 is 5.16. The van der Waals surface area contributed by atoms with Crippen molar-refractivity contribution in [2.24, 2.45) is 0 Å². The molecule has 0 saturated heterocycles. The van der Waals surface area contributed by atoms with Crippen molar-refractivity contribution in [1.29, 1.82) is 5.26 Å². The Morgan fingerprint density at radius 3 is 2.80 bits per heavy atom. The van der Waals surface area contributed by atoms with Crippen LogP contribution in [0.3, 0.4) is 0 Å². The molecule has 1 aromatic carbocycles. The van der Waals surface area contributed by atoms with E-state index in [-0.39, 0.29) is 17.0 Å². The van der Waals surface area contributed by atoms with E-state index in [1.807, 2.05) is 6.07 Å². The van der Waals surface area contributed by atoms with Gasteiger partial charge in [0.15, 0.2) is 0 Å². The number of nitrogens with zero attached hydrogens (tertiary/aromatic N) is 1. The lowest BCUT2D eigenvalue weighted by Crippen LogP contribution is -2.08. The largest absolute Gasteiger partial charge is 0.465 e. The SMILES string of the molecule is COC(=O)c1c(CCl)ccc(Br)c1C#N. The van der Waals surface area contributed by atoms with Gasteiger partial charge in [-0.1, -0.05) is 6.07 Å². The average molecular weight is 289 g/mol. The van der Waals surface area contributed by atoms with E-state index in [1.54, 1.807) is 12.1 Å². The van der Waals surface area contributed by atoms with Gasteiger partial charge >= 0.3 is 5.97 Å². The monoisotopic (exact) mass is 287 g/mol. The molecule has 0 atom stereocenters. The summed E-state index contributed by atoms with van der Waals surface area (Å²) in [7, 11) is 1.27. The van der Waals surface area contributed by atoms with E-state index in [9.17, 15) is 4.79 Å². The van der Waals surface area contributed by atoms with Gasteiger partial charge in [0.05, 0.1) is 18.2 Å². The topological polar surface area (TPSA) is 50.1 Å². The lowest BCUT2D eigenvalue weighted by atomic mass is 10.0. The fourth-order valence-corrected chi connectivity index (χ4v) is 1.82. The van der Waals surface area contributed by atoms with Crippen LogP contribution in [0.15, 0.2) is 16.6 Å².